The predicted octanol–water partition coefficient (Wildman–Crippen LogP) is -0.690. The molecule has 0 fully saturated rings. The van der Waals surface area contributed by atoms with Gasteiger partial charge in [0.1, 0.15) is 12.6 Å². The Morgan fingerprint density at radius 3 is 2.92 bits per heavy atom. The monoisotopic (exact) mass is 182 g/mol. The number of nitrogens with two attached hydrogens (primary N) is 1. The van der Waals surface area contributed by atoms with E-state index in [4.69, 9.17) is 10.8 Å². The van der Waals surface area contributed by atoms with Gasteiger partial charge in [-0.3, -0.25) is 9.59 Å². The maximum atomic E-state index is 11.3. The highest BCUT2D eigenvalue weighted by Crippen LogP contribution is 2.01. The lowest BCUT2D eigenvalue weighted by atomic mass is 10.2. The Kier molecular flexibility index (Phi) is 2.81. The van der Waals surface area contributed by atoms with Crippen LogP contribution in [-0.2, 0) is 9.59 Å². The highest BCUT2D eigenvalue weighted by Gasteiger charge is 2.20. The Morgan fingerprint density at radius 1 is 1.62 bits per heavy atom. The van der Waals surface area contributed by atoms with Gasteiger partial charge in [-0.05, 0) is 6.08 Å². The van der Waals surface area contributed by atoms with Crippen LogP contribution >= 0.6 is 0 Å². The number of carbonyl (C=O) groups excluding carboxylic acids is 1. The van der Waals surface area contributed by atoms with Crippen LogP contribution in [0.15, 0.2) is 24.4 Å². The molecule has 1 amide bonds. The summed E-state index contributed by atoms with van der Waals surface area (Å²) < 4.78 is 0. The van der Waals surface area contributed by atoms with Crippen LogP contribution in [0, 0.1) is 0 Å². The molecule has 0 unspecified atom stereocenters. The van der Waals surface area contributed by atoms with Crippen molar-refractivity contribution in [3.05, 3.63) is 24.4 Å². The second-order valence-corrected chi connectivity index (χ2v) is 2.61. The molecule has 1 aliphatic heterocycles. The van der Waals surface area contributed by atoms with Crippen molar-refractivity contribution in [2.24, 2.45) is 5.73 Å². The maximum Gasteiger partial charge on any atom is 0.323 e. The van der Waals surface area contributed by atoms with Gasteiger partial charge in [-0.2, -0.15) is 0 Å². The maximum absolute atomic E-state index is 11.3. The zero-order chi connectivity index (χ0) is 9.84. The van der Waals surface area contributed by atoms with Gasteiger partial charge in [0.2, 0.25) is 5.91 Å². The number of hydrogen-bond donors (Lipinski definition) is 2. The molecule has 0 bridgehead atoms. The molecule has 5 heteroatoms. The second kappa shape index (κ2) is 3.86. The molecule has 0 saturated carbocycles. The molecule has 1 rings (SSSR count). The number of nitrogens with zero attached hydrogens (tertiary/aromatic N) is 1. The summed E-state index contributed by atoms with van der Waals surface area (Å²) >= 11 is 0. The van der Waals surface area contributed by atoms with E-state index in [0.29, 0.717) is 0 Å². The van der Waals surface area contributed by atoms with Crippen molar-refractivity contribution in [1.29, 1.82) is 0 Å². The average molecular weight is 182 g/mol. The molecule has 3 N–H and O–H groups in total. The Hall–Kier alpha value is -1.62. The van der Waals surface area contributed by atoms with Gasteiger partial charge in [-0.25, -0.2) is 0 Å². The number of allylic oxidation sites excluding steroid dienone is 2. The van der Waals surface area contributed by atoms with Crippen molar-refractivity contribution in [2.75, 3.05) is 6.54 Å². The van der Waals surface area contributed by atoms with Gasteiger partial charge in [0, 0.05) is 6.20 Å². The fourth-order valence-corrected chi connectivity index (χ4v) is 0.961. The molecule has 5 nitrogen and oxygen atoms in total. The van der Waals surface area contributed by atoms with E-state index in [-0.39, 0.29) is 6.54 Å². The topological polar surface area (TPSA) is 83.6 Å². The highest BCUT2D eigenvalue weighted by atomic mass is 16.4. The van der Waals surface area contributed by atoms with Crippen LogP contribution in [0.1, 0.15) is 0 Å². The molecule has 1 aliphatic rings. The number of carboxylic acid groups (broad SMARTS) is 1. The van der Waals surface area contributed by atoms with Crippen LogP contribution in [0.25, 0.3) is 0 Å². The van der Waals surface area contributed by atoms with Crippen LogP contribution in [0.5, 0.6) is 0 Å². The number of rotatable bonds is 2. The van der Waals surface area contributed by atoms with Crippen LogP contribution in [0.2, 0.25) is 0 Å². The normalized spacial score (nSPS) is 21.8. The molecule has 0 aromatic rings. The lowest BCUT2D eigenvalue weighted by molar-refractivity contribution is -0.142. The van der Waals surface area contributed by atoms with Crippen molar-refractivity contribution >= 4 is 11.9 Å². The lowest BCUT2D eigenvalue weighted by Gasteiger charge is -2.16. The zero-order valence-corrected chi connectivity index (χ0v) is 6.88. The molecule has 13 heavy (non-hydrogen) atoms. The minimum atomic E-state index is -1.06. The predicted molar refractivity (Wildman–Crippen MR) is 45.6 cm³/mol. The molecule has 0 radical (unpaired) electrons. The van der Waals surface area contributed by atoms with Crippen molar-refractivity contribution in [3.8, 4) is 0 Å². The third-order valence-electron chi connectivity index (χ3n) is 1.57. The summed E-state index contributed by atoms with van der Waals surface area (Å²) in [6.45, 7) is -0.356. The largest absolute Gasteiger partial charge is 0.480 e. The summed E-state index contributed by atoms with van der Waals surface area (Å²) in [6, 6.07) is -0.755. The fourth-order valence-electron chi connectivity index (χ4n) is 0.961. The third kappa shape index (κ3) is 2.41. The molecule has 0 aliphatic carbocycles. The zero-order valence-electron chi connectivity index (χ0n) is 6.88. The number of aliphatic carboxylic acids is 1. The van der Waals surface area contributed by atoms with E-state index in [1.165, 1.54) is 12.3 Å². The summed E-state index contributed by atoms with van der Waals surface area (Å²) in [4.78, 5) is 22.7. The van der Waals surface area contributed by atoms with E-state index in [1.54, 1.807) is 12.2 Å². The summed E-state index contributed by atoms with van der Waals surface area (Å²) in [6.07, 6.45) is 6.11. The first kappa shape index (κ1) is 9.47. The number of hydrogen-bond acceptors (Lipinski definition) is 3. The molecule has 0 aromatic heterocycles. The Bertz CT molecular complexity index is 283. The molecule has 0 aromatic carbocycles. The van der Waals surface area contributed by atoms with Gasteiger partial charge in [-0.1, -0.05) is 12.2 Å². The molecule has 0 saturated heterocycles. The van der Waals surface area contributed by atoms with Crippen LogP contribution in [0.3, 0.4) is 0 Å². The molecule has 1 heterocycles. The van der Waals surface area contributed by atoms with Crippen molar-refractivity contribution < 1.29 is 14.7 Å². The second-order valence-electron chi connectivity index (χ2n) is 2.61. The van der Waals surface area contributed by atoms with Gasteiger partial charge >= 0.3 is 5.97 Å². The van der Waals surface area contributed by atoms with Gasteiger partial charge in [0.25, 0.3) is 0 Å². The van der Waals surface area contributed by atoms with Crippen LogP contribution < -0.4 is 5.73 Å². The molecular weight excluding hydrogens is 172 g/mol. The van der Waals surface area contributed by atoms with E-state index in [2.05, 4.69) is 0 Å². The summed E-state index contributed by atoms with van der Waals surface area (Å²) in [5.74, 6) is -1.47. The van der Waals surface area contributed by atoms with Crippen molar-refractivity contribution in [3.63, 3.8) is 0 Å². The van der Waals surface area contributed by atoms with Gasteiger partial charge in [0.05, 0.1) is 0 Å². The summed E-state index contributed by atoms with van der Waals surface area (Å²) in [5.41, 5.74) is 5.43. The van der Waals surface area contributed by atoms with E-state index in [1.807, 2.05) is 0 Å². The smallest absolute Gasteiger partial charge is 0.323 e. The van der Waals surface area contributed by atoms with Crippen LogP contribution in [-0.4, -0.2) is 34.5 Å². The first-order chi connectivity index (χ1) is 6.11. The third-order valence-corrected chi connectivity index (χ3v) is 1.57. The first-order valence-electron chi connectivity index (χ1n) is 3.74. The van der Waals surface area contributed by atoms with Gasteiger partial charge in [0.15, 0.2) is 0 Å². The van der Waals surface area contributed by atoms with E-state index in [0.717, 1.165) is 4.90 Å². The standard InChI is InChI=1S/C8H10N2O3/c9-6-3-1-2-4-10(8(6)13)5-7(11)12/h1-4,6H,5,9H2,(H,11,12)/t6-/m1/s1. The molecular formula is C8H10N2O3. The van der Waals surface area contributed by atoms with E-state index >= 15 is 0 Å². The van der Waals surface area contributed by atoms with E-state index < -0.39 is 17.9 Å². The number of carboxylic acids is 1. The molecule has 1 atom stereocenters. The Labute approximate surface area is 75.1 Å². The molecule has 0 spiro atoms. The van der Waals surface area contributed by atoms with E-state index in [9.17, 15) is 9.59 Å². The fraction of sp³-hybridized carbons (Fsp3) is 0.250. The Morgan fingerprint density at radius 2 is 2.31 bits per heavy atom. The Balaban J connectivity index is 2.74. The summed E-state index contributed by atoms with van der Waals surface area (Å²) in [7, 11) is 0. The minimum absolute atomic E-state index is 0.356. The van der Waals surface area contributed by atoms with Gasteiger partial charge < -0.3 is 15.7 Å². The molecule has 70 valence electrons. The first-order valence-corrected chi connectivity index (χ1v) is 3.74. The average Bonchev–Trinajstić information content (AvgIpc) is 2.19. The van der Waals surface area contributed by atoms with Crippen LogP contribution in [0.4, 0.5) is 0 Å². The number of amides is 1. The SMILES string of the molecule is N[C@@H]1C=CC=CN(CC(=O)O)C1=O. The quantitative estimate of drug-likeness (QED) is 0.592. The summed E-state index contributed by atoms with van der Waals surface area (Å²) in [5, 5.41) is 8.47. The van der Waals surface area contributed by atoms with Crippen molar-refractivity contribution in [1.82, 2.24) is 4.90 Å². The number of carbonyl (C=O) groups is 2. The van der Waals surface area contributed by atoms with Crippen molar-refractivity contribution in [2.45, 2.75) is 6.04 Å². The lowest BCUT2D eigenvalue weighted by Crippen LogP contribution is -2.41. The minimum Gasteiger partial charge on any atom is -0.480 e. The highest BCUT2D eigenvalue weighted by molar-refractivity contribution is 5.88. The van der Waals surface area contributed by atoms with Gasteiger partial charge in [-0.15, -0.1) is 0 Å².